The minimum atomic E-state index is -4.93. The van der Waals surface area contributed by atoms with Crippen molar-refractivity contribution in [1.82, 2.24) is 20.4 Å². The highest BCUT2D eigenvalue weighted by Gasteiger charge is 2.41. The van der Waals surface area contributed by atoms with E-state index in [0.717, 1.165) is 25.0 Å². The zero-order valence-electron chi connectivity index (χ0n) is 17.5. The first kappa shape index (κ1) is 23.9. The van der Waals surface area contributed by atoms with Crippen molar-refractivity contribution >= 4 is 12.1 Å². The number of nitrogens with zero attached hydrogens (tertiary/aromatic N) is 2. The van der Waals surface area contributed by atoms with E-state index in [-0.39, 0.29) is 42.7 Å². The molecule has 8 nitrogen and oxygen atoms in total. The quantitative estimate of drug-likeness (QED) is 0.566. The highest BCUT2D eigenvalue weighted by atomic mass is 19.4. The second kappa shape index (κ2) is 9.80. The molecule has 1 unspecified atom stereocenters. The number of hydrogen-bond donors (Lipinski definition) is 3. The van der Waals surface area contributed by atoms with Crippen LogP contribution in [0.25, 0.3) is 0 Å². The van der Waals surface area contributed by atoms with E-state index in [1.165, 1.54) is 7.05 Å². The summed E-state index contributed by atoms with van der Waals surface area (Å²) < 4.78 is 54.7. The second-order valence-electron chi connectivity index (χ2n) is 8.00. The highest BCUT2D eigenvalue weighted by molar-refractivity contribution is 5.76. The molecule has 1 aliphatic heterocycles. The van der Waals surface area contributed by atoms with Crippen molar-refractivity contribution in [2.24, 2.45) is 5.92 Å². The number of rotatable bonds is 6. The molecule has 0 spiro atoms. The topological polar surface area (TPSA) is 94.1 Å². The molecule has 2 fully saturated rings. The molecule has 1 heterocycles. The van der Waals surface area contributed by atoms with Crippen molar-refractivity contribution in [1.29, 1.82) is 0 Å². The molecule has 0 aromatic heterocycles. The molecule has 1 aromatic carbocycles. The van der Waals surface area contributed by atoms with Crippen molar-refractivity contribution in [3.63, 3.8) is 0 Å². The summed E-state index contributed by atoms with van der Waals surface area (Å²) in [5, 5.41) is 14.8. The fourth-order valence-electron chi connectivity index (χ4n) is 3.95. The van der Waals surface area contributed by atoms with Crippen LogP contribution in [-0.2, 0) is 6.54 Å². The minimum Gasteiger partial charge on any atom is -0.406 e. The van der Waals surface area contributed by atoms with E-state index in [4.69, 9.17) is 0 Å². The van der Waals surface area contributed by atoms with Crippen LogP contribution in [0.3, 0.4) is 0 Å². The van der Waals surface area contributed by atoms with E-state index in [0.29, 0.717) is 25.6 Å². The molecule has 0 bridgehead atoms. The Hall–Kier alpha value is -2.76. The average molecular weight is 462 g/mol. The van der Waals surface area contributed by atoms with Gasteiger partial charge in [0.1, 0.15) is 11.6 Å². The van der Waals surface area contributed by atoms with Gasteiger partial charge in [0.2, 0.25) is 0 Å². The van der Waals surface area contributed by atoms with Crippen molar-refractivity contribution in [3.8, 4) is 5.75 Å². The summed E-state index contributed by atoms with van der Waals surface area (Å²) in [6.45, 7) is 0.333. The summed E-state index contributed by atoms with van der Waals surface area (Å²) in [5.41, 5.74) is 0.00693. The van der Waals surface area contributed by atoms with E-state index < -0.39 is 24.0 Å². The summed E-state index contributed by atoms with van der Waals surface area (Å²) >= 11 is 0. The Morgan fingerprint density at radius 1 is 1.25 bits per heavy atom. The third-order valence-electron chi connectivity index (χ3n) is 5.53. The van der Waals surface area contributed by atoms with Crippen LogP contribution in [0.2, 0.25) is 0 Å². The van der Waals surface area contributed by atoms with Crippen LogP contribution in [0.4, 0.5) is 27.2 Å². The molecule has 1 saturated heterocycles. The van der Waals surface area contributed by atoms with Crippen LogP contribution in [0, 0.1) is 11.7 Å². The van der Waals surface area contributed by atoms with Crippen LogP contribution < -0.4 is 15.4 Å². The SMILES string of the molecule is CNC(=O)N1CC(CO)C[C@H](N(C(=O)NCc2ccc(OC(F)(F)F)cc2F)C2CC2)C1. The third-order valence-corrected chi connectivity index (χ3v) is 5.53. The standard InChI is InChI=1S/C20H26F4N4O4/c1-25-18(30)27-9-12(11-29)6-15(10-27)28(14-3-4-14)19(31)26-8-13-2-5-16(7-17(13)21)32-20(22,23)24/h2,5,7,12,14-15,29H,3-4,6,8-11H2,1H3,(H,25,30)(H,26,31)/t12?,15-/m0/s1. The second-order valence-corrected chi connectivity index (χ2v) is 8.00. The lowest BCUT2D eigenvalue weighted by atomic mass is 9.94. The number of carbonyl (C=O) groups excluding carboxylic acids is 2. The number of aliphatic hydroxyl groups excluding tert-OH is 1. The van der Waals surface area contributed by atoms with E-state index >= 15 is 0 Å². The van der Waals surface area contributed by atoms with Gasteiger partial charge in [-0.3, -0.25) is 0 Å². The number of piperidine rings is 1. The molecule has 3 N–H and O–H groups in total. The lowest BCUT2D eigenvalue weighted by Gasteiger charge is -2.42. The van der Waals surface area contributed by atoms with Crippen molar-refractivity contribution < 1.29 is 37.0 Å². The number of ether oxygens (including phenoxy) is 1. The van der Waals surface area contributed by atoms with Crippen LogP contribution in [-0.4, -0.2) is 72.2 Å². The Kier molecular flexibility index (Phi) is 7.32. The first-order chi connectivity index (χ1) is 15.1. The van der Waals surface area contributed by atoms with Gasteiger partial charge in [0.25, 0.3) is 0 Å². The molecule has 3 rings (SSSR count). The van der Waals surface area contributed by atoms with E-state index in [1.54, 1.807) is 9.80 Å². The highest BCUT2D eigenvalue weighted by Crippen LogP contribution is 2.33. The Labute approximate surface area is 182 Å². The van der Waals surface area contributed by atoms with E-state index in [2.05, 4.69) is 15.4 Å². The Morgan fingerprint density at radius 2 is 1.97 bits per heavy atom. The number of urea groups is 2. The maximum atomic E-state index is 14.2. The van der Waals surface area contributed by atoms with Crippen molar-refractivity contribution in [2.45, 2.75) is 44.3 Å². The van der Waals surface area contributed by atoms with Crippen LogP contribution in [0.15, 0.2) is 18.2 Å². The first-order valence-corrected chi connectivity index (χ1v) is 10.3. The summed E-state index contributed by atoms with van der Waals surface area (Å²) in [6.07, 6.45) is -2.81. The largest absolute Gasteiger partial charge is 0.573 e. The minimum absolute atomic E-state index is 0.00693. The van der Waals surface area contributed by atoms with Gasteiger partial charge in [-0.15, -0.1) is 13.2 Å². The Balaban J connectivity index is 1.66. The van der Waals surface area contributed by atoms with Gasteiger partial charge in [-0.2, -0.15) is 0 Å². The molecule has 32 heavy (non-hydrogen) atoms. The smallest absolute Gasteiger partial charge is 0.406 e. The molecule has 2 atom stereocenters. The molecular weight excluding hydrogens is 436 g/mol. The molecule has 12 heteroatoms. The van der Waals surface area contributed by atoms with Gasteiger partial charge >= 0.3 is 18.4 Å². The monoisotopic (exact) mass is 462 g/mol. The number of alkyl halides is 3. The fraction of sp³-hybridized carbons (Fsp3) is 0.600. The number of likely N-dealkylation sites (tertiary alicyclic amines) is 1. The van der Waals surface area contributed by atoms with Gasteiger partial charge in [-0.05, 0) is 25.3 Å². The average Bonchev–Trinajstić information content (AvgIpc) is 3.56. The van der Waals surface area contributed by atoms with Crippen molar-refractivity contribution in [2.75, 3.05) is 26.7 Å². The van der Waals surface area contributed by atoms with Crippen LogP contribution >= 0.6 is 0 Å². The molecular formula is C20H26F4N4O4. The number of nitrogens with one attached hydrogen (secondary N) is 2. The van der Waals surface area contributed by atoms with Crippen LogP contribution in [0.1, 0.15) is 24.8 Å². The lowest BCUT2D eigenvalue weighted by Crippen LogP contribution is -2.58. The number of benzene rings is 1. The molecule has 178 valence electrons. The summed E-state index contributed by atoms with van der Waals surface area (Å²) in [7, 11) is 1.50. The van der Waals surface area contributed by atoms with Gasteiger partial charge in [-0.1, -0.05) is 6.07 Å². The lowest BCUT2D eigenvalue weighted by molar-refractivity contribution is -0.274. The zero-order chi connectivity index (χ0) is 23.5. The molecule has 1 saturated carbocycles. The van der Waals surface area contributed by atoms with E-state index in [1.807, 2.05) is 0 Å². The molecule has 0 radical (unpaired) electrons. The zero-order valence-corrected chi connectivity index (χ0v) is 17.5. The molecule has 4 amide bonds. The fourth-order valence-corrected chi connectivity index (χ4v) is 3.95. The predicted octanol–water partition coefficient (Wildman–Crippen LogP) is 2.42. The van der Waals surface area contributed by atoms with Crippen LogP contribution in [0.5, 0.6) is 5.75 Å². The number of amides is 4. The van der Waals surface area contributed by atoms with E-state index in [9.17, 15) is 32.3 Å². The maximum absolute atomic E-state index is 14.2. The third kappa shape index (κ3) is 6.15. The number of hydrogen-bond acceptors (Lipinski definition) is 4. The number of carbonyl (C=O) groups is 2. The van der Waals surface area contributed by atoms with Crippen molar-refractivity contribution in [3.05, 3.63) is 29.6 Å². The van der Waals surface area contributed by atoms with Gasteiger partial charge in [0, 0.05) is 56.9 Å². The van der Waals surface area contributed by atoms with Gasteiger partial charge in [0.15, 0.2) is 0 Å². The first-order valence-electron chi connectivity index (χ1n) is 10.3. The Bertz CT molecular complexity index is 834. The predicted molar refractivity (Wildman–Crippen MR) is 105 cm³/mol. The normalized spacial score (nSPS) is 21.1. The summed E-state index contributed by atoms with van der Waals surface area (Å²) in [5.74, 6) is -1.80. The number of halogens is 4. The molecule has 1 aliphatic carbocycles. The molecule has 1 aromatic rings. The Morgan fingerprint density at radius 3 is 2.53 bits per heavy atom. The molecule has 2 aliphatic rings. The summed E-state index contributed by atoms with van der Waals surface area (Å²) in [6, 6.07) is 1.62. The van der Waals surface area contributed by atoms with Gasteiger partial charge in [-0.25, -0.2) is 14.0 Å². The maximum Gasteiger partial charge on any atom is 0.573 e. The summed E-state index contributed by atoms with van der Waals surface area (Å²) in [4.78, 5) is 28.2. The van der Waals surface area contributed by atoms with Gasteiger partial charge in [0.05, 0.1) is 6.04 Å². The van der Waals surface area contributed by atoms with Gasteiger partial charge < -0.3 is 30.3 Å². The number of aliphatic hydroxyl groups is 1.